The summed E-state index contributed by atoms with van der Waals surface area (Å²) in [6.45, 7) is 5.67. The minimum absolute atomic E-state index is 0.153. The van der Waals surface area contributed by atoms with E-state index in [0.717, 1.165) is 10.6 Å². The topological polar surface area (TPSA) is 65.1 Å². The number of rotatable bonds is 8. The Kier molecular flexibility index (Phi) is 6.75. The lowest BCUT2D eigenvalue weighted by atomic mass is 9.89. The van der Waals surface area contributed by atoms with Crippen LogP contribution in [0.1, 0.15) is 32.8 Å². The van der Waals surface area contributed by atoms with Gasteiger partial charge in [-0.25, -0.2) is 9.63 Å². The summed E-state index contributed by atoms with van der Waals surface area (Å²) < 4.78 is 27.0. The number of phosphoric acid groups is 1. The Bertz CT molecular complexity index is 524. The van der Waals surface area contributed by atoms with Gasteiger partial charge in [0.2, 0.25) is 0 Å². The van der Waals surface area contributed by atoms with Crippen molar-refractivity contribution < 1.29 is 23.0 Å². The van der Waals surface area contributed by atoms with Crippen LogP contribution in [0, 0.1) is 5.41 Å². The Labute approximate surface area is 131 Å². The highest BCUT2D eigenvalue weighted by Gasteiger charge is 2.36. The van der Waals surface area contributed by atoms with Gasteiger partial charge in [0, 0.05) is 19.6 Å². The second-order valence-electron chi connectivity index (χ2n) is 5.46. The first-order chi connectivity index (χ1) is 10.3. The first kappa shape index (κ1) is 18.8. The molecule has 0 fully saturated rings. The van der Waals surface area contributed by atoms with Crippen LogP contribution < -0.4 is 0 Å². The first-order valence-electron chi connectivity index (χ1n) is 7.05. The summed E-state index contributed by atoms with van der Waals surface area (Å²) in [5, 5.41) is 1.06. The minimum Gasteiger partial charge on any atom is -0.289 e. The van der Waals surface area contributed by atoms with E-state index in [1.807, 2.05) is 37.3 Å². The van der Waals surface area contributed by atoms with Crippen molar-refractivity contribution in [3.8, 4) is 0 Å². The predicted molar refractivity (Wildman–Crippen MR) is 83.8 cm³/mol. The fourth-order valence-corrected chi connectivity index (χ4v) is 2.29. The fourth-order valence-electron chi connectivity index (χ4n) is 1.64. The van der Waals surface area contributed by atoms with Gasteiger partial charge >= 0.3 is 7.82 Å². The van der Waals surface area contributed by atoms with Crippen LogP contribution >= 0.6 is 7.82 Å². The van der Waals surface area contributed by atoms with Crippen LogP contribution in [0.15, 0.2) is 30.3 Å². The molecule has 0 aliphatic heterocycles. The molecule has 0 radical (unpaired) electrons. The number of amides is 1. The summed E-state index contributed by atoms with van der Waals surface area (Å²) in [7, 11) is -1.39. The molecule has 0 aliphatic rings. The summed E-state index contributed by atoms with van der Waals surface area (Å²) >= 11 is 0. The molecular weight excluding hydrogens is 305 g/mol. The molecule has 0 bridgehead atoms. The summed E-state index contributed by atoms with van der Waals surface area (Å²) in [6.07, 6.45) is 0.616. The van der Waals surface area contributed by atoms with E-state index in [2.05, 4.69) is 0 Å². The van der Waals surface area contributed by atoms with Crippen molar-refractivity contribution >= 4 is 13.7 Å². The fraction of sp³-hybridized carbons (Fsp3) is 0.533. The first-order valence-corrected chi connectivity index (χ1v) is 8.51. The molecule has 0 aromatic heterocycles. The maximum atomic E-state index is 12.7. The van der Waals surface area contributed by atoms with E-state index in [-0.39, 0.29) is 12.5 Å². The van der Waals surface area contributed by atoms with E-state index >= 15 is 0 Å². The van der Waals surface area contributed by atoms with Gasteiger partial charge in [-0.2, -0.15) is 4.62 Å². The average Bonchev–Trinajstić information content (AvgIpc) is 2.54. The summed E-state index contributed by atoms with van der Waals surface area (Å²) in [6, 6.07) is 9.30. The number of benzene rings is 1. The van der Waals surface area contributed by atoms with Gasteiger partial charge in [0.25, 0.3) is 5.91 Å². The zero-order valence-corrected chi connectivity index (χ0v) is 14.6. The van der Waals surface area contributed by atoms with E-state index < -0.39 is 13.2 Å². The van der Waals surface area contributed by atoms with Crippen molar-refractivity contribution in [1.82, 2.24) is 5.06 Å². The lowest BCUT2D eigenvalue weighted by Gasteiger charge is -2.31. The number of carbonyl (C=O) groups excluding carboxylic acids is 1. The molecule has 7 heteroatoms. The molecule has 0 N–H and O–H groups in total. The highest BCUT2D eigenvalue weighted by atomic mass is 31.2. The Morgan fingerprint density at radius 1 is 1.18 bits per heavy atom. The van der Waals surface area contributed by atoms with E-state index in [1.165, 1.54) is 14.2 Å². The maximum absolute atomic E-state index is 12.7. The van der Waals surface area contributed by atoms with Crippen LogP contribution in [-0.2, 0) is 29.6 Å². The van der Waals surface area contributed by atoms with Gasteiger partial charge in [-0.15, -0.1) is 0 Å². The molecule has 1 amide bonds. The third-order valence-corrected chi connectivity index (χ3v) is 4.80. The van der Waals surface area contributed by atoms with Crippen molar-refractivity contribution in [2.24, 2.45) is 5.41 Å². The monoisotopic (exact) mass is 329 g/mol. The molecular formula is C15H24NO5P. The lowest BCUT2D eigenvalue weighted by molar-refractivity contribution is -0.175. The smallest absolute Gasteiger partial charge is 0.289 e. The molecule has 1 aromatic carbocycles. The molecule has 22 heavy (non-hydrogen) atoms. The number of hydrogen-bond donors (Lipinski definition) is 0. The Hall–Kier alpha value is -1.20. The second kappa shape index (κ2) is 7.88. The Morgan fingerprint density at radius 2 is 1.73 bits per heavy atom. The molecule has 0 heterocycles. The number of phosphoric ester groups is 1. The van der Waals surface area contributed by atoms with Crippen LogP contribution in [-0.4, -0.2) is 25.2 Å². The van der Waals surface area contributed by atoms with Crippen molar-refractivity contribution in [1.29, 1.82) is 0 Å². The molecule has 0 saturated heterocycles. The number of nitrogens with zero attached hydrogens (tertiary/aromatic N) is 1. The van der Waals surface area contributed by atoms with Gasteiger partial charge < -0.3 is 0 Å². The predicted octanol–water partition coefficient (Wildman–Crippen LogP) is 3.78. The third kappa shape index (κ3) is 4.92. The normalized spacial score (nSPS) is 12.2. The highest BCUT2D eigenvalue weighted by molar-refractivity contribution is 7.48. The number of carbonyl (C=O) groups is 1. The molecule has 1 aromatic rings. The zero-order valence-electron chi connectivity index (χ0n) is 13.7. The molecule has 0 unspecified atom stereocenters. The molecule has 0 spiro atoms. The van der Waals surface area contributed by atoms with Crippen LogP contribution in [0.2, 0.25) is 0 Å². The number of hydroxylamine groups is 2. The van der Waals surface area contributed by atoms with Gasteiger partial charge in [-0.3, -0.25) is 13.8 Å². The largest absolute Gasteiger partial charge is 0.496 e. The zero-order chi connectivity index (χ0) is 16.8. The van der Waals surface area contributed by atoms with Crippen molar-refractivity contribution in [2.45, 2.75) is 33.7 Å². The van der Waals surface area contributed by atoms with Crippen molar-refractivity contribution in [2.75, 3.05) is 14.2 Å². The maximum Gasteiger partial charge on any atom is 0.496 e. The van der Waals surface area contributed by atoms with Gasteiger partial charge in [0.15, 0.2) is 0 Å². The number of hydrogen-bond acceptors (Lipinski definition) is 5. The second-order valence-corrected chi connectivity index (χ2v) is 7.25. The van der Waals surface area contributed by atoms with Crippen LogP contribution in [0.3, 0.4) is 0 Å². The molecule has 0 saturated carbocycles. The average molecular weight is 329 g/mol. The van der Waals surface area contributed by atoms with Gasteiger partial charge in [0.05, 0.1) is 6.54 Å². The van der Waals surface area contributed by atoms with E-state index in [1.54, 1.807) is 13.8 Å². The standard InChI is InChI=1S/C15H24NO5P/c1-6-15(2,3)14(17)16(21-22(18,19-4)20-5)12-13-10-8-7-9-11-13/h7-11H,6,12H2,1-5H3. The quantitative estimate of drug-likeness (QED) is 0.536. The molecule has 1 rings (SSSR count). The van der Waals surface area contributed by atoms with Crippen LogP contribution in [0.25, 0.3) is 0 Å². The van der Waals surface area contributed by atoms with Crippen LogP contribution in [0.4, 0.5) is 0 Å². The van der Waals surface area contributed by atoms with Crippen molar-refractivity contribution in [3.63, 3.8) is 0 Å². The SMILES string of the molecule is CCC(C)(C)C(=O)N(Cc1ccccc1)OP(=O)(OC)OC. The third-order valence-electron chi connectivity index (χ3n) is 3.50. The van der Waals surface area contributed by atoms with E-state index in [9.17, 15) is 9.36 Å². The van der Waals surface area contributed by atoms with Crippen molar-refractivity contribution in [3.05, 3.63) is 35.9 Å². The van der Waals surface area contributed by atoms with Crippen LogP contribution in [0.5, 0.6) is 0 Å². The Morgan fingerprint density at radius 3 is 2.18 bits per heavy atom. The molecule has 0 aliphatic carbocycles. The summed E-state index contributed by atoms with van der Waals surface area (Å²) in [5.41, 5.74) is 0.197. The minimum atomic E-state index is -3.80. The summed E-state index contributed by atoms with van der Waals surface area (Å²) in [5.74, 6) is -0.284. The lowest BCUT2D eigenvalue weighted by Crippen LogP contribution is -2.39. The Balaban J connectivity index is 3.05. The van der Waals surface area contributed by atoms with E-state index in [0.29, 0.717) is 6.42 Å². The molecule has 124 valence electrons. The highest BCUT2D eigenvalue weighted by Crippen LogP contribution is 2.49. The molecule has 6 nitrogen and oxygen atoms in total. The van der Waals surface area contributed by atoms with Gasteiger partial charge in [-0.05, 0) is 12.0 Å². The summed E-state index contributed by atoms with van der Waals surface area (Å²) in [4.78, 5) is 12.7. The van der Waals surface area contributed by atoms with E-state index in [4.69, 9.17) is 13.7 Å². The molecule has 0 atom stereocenters. The van der Waals surface area contributed by atoms with Gasteiger partial charge in [-0.1, -0.05) is 51.1 Å². The van der Waals surface area contributed by atoms with Gasteiger partial charge in [0.1, 0.15) is 0 Å².